The van der Waals surface area contributed by atoms with Crippen molar-refractivity contribution in [3.05, 3.63) is 145 Å². The van der Waals surface area contributed by atoms with Crippen LogP contribution in [0.15, 0.2) is 133 Å². The van der Waals surface area contributed by atoms with Crippen LogP contribution >= 0.6 is 0 Å². The van der Waals surface area contributed by atoms with Crippen LogP contribution in [0.5, 0.6) is 0 Å². The molecule has 0 aliphatic rings. The first-order chi connectivity index (χ1) is 18.6. The van der Waals surface area contributed by atoms with E-state index in [9.17, 15) is 4.79 Å². The maximum atomic E-state index is 12.4. The predicted molar refractivity (Wildman–Crippen MR) is 161 cm³/mol. The molecule has 2 nitrogen and oxygen atoms in total. The third-order valence-corrected chi connectivity index (χ3v) is 7.34. The van der Waals surface area contributed by atoms with Gasteiger partial charge in [-0.15, -0.1) is 0 Å². The van der Waals surface area contributed by atoms with Crippen molar-refractivity contribution in [2.24, 2.45) is 0 Å². The predicted octanol–water partition coefficient (Wildman–Crippen LogP) is 8.64. The minimum absolute atomic E-state index is 0.104. The van der Waals surface area contributed by atoms with Gasteiger partial charge in [0.15, 0.2) is 0 Å². The molecule has 0 radical (unpaired) electrons. The lowest BCUT2D eigenvalue weighted by Crippen LogP contribution is -2.28. The van der Waals surface area contributed by atoms with Gasteiger partial charge in [-0.3, -0.25) is 4.79 Å². The first-order valence-corrected chi connectivity index (χ1v) is 13.0. The molecule has 7 aromatic rings. The molecule has 2 heteroatoms. The quantitative estimate of drug-likeness (QED) is 0.179. The molecule has 7 aromatic carbocycles. The van der Waals surface area contributed by atoms with Gasteiger partial charge in [0, 0.05) is 14.1 Å². The average Bonchev–Trinajstić information content (AvgIpc) is 2.97. The summed E-state index contributed by atoms with van der Waals surface area (Å²) in [5.41, 5.74) is 2.06. The third kappa shape index (κ3) is 4.14. The van der Waals surface area contributed by atoms with Gasteiger partial charge in [0.2, 0.25) is 5.91 Å². The van der Waals surface area contributed by atoms with E-state index in [2.05, 4.69) is 72.8 Å². The van der Waals surface area contributed by atoms with Gasteiger partial charge in [-0.2, -0.15) is 0 Å². The van der Waals surface area contributed by atoms with Crippen LogP contribution in [0.2, 0.25) is 0 Å². The maximum Gasteiger partial charge on any atom is 0.234 e. The fourth-order valence-electron chi connectivity index (χ4n) is 5.61. The van der Waals surface area contributed by atoms with Gasteiger partial charge >= 0.3 is 0 Å². The summed E-state index contributed by atoms with van der Waals surface area (Å²) in [6.45, 7) is 0. The fraction of sp³-hybridized carbons (Fsp3) is 0.0833. The number of benzene rings is 7. The molecule has 184 valence electrons. The lowest BCUT2D eigenvalue weighted by molar-refractivity contribution is -0.129. The van der Waals surface area contributed by atoms with Crippen molar-refractivity contribution in [2.45, 2.75) is 5.92 Å². The molecule has 0 fully saturated rings. The van der Waals surface area contributed by atoms with Crippen LogP contribution in [0.4, 0.5) is 0 Å². The van der Waals surface area contributed by atoms with Crippen molar-refractivity contribution in [1.29, 1.82) is 0 Å². The largest absolute Gasteiger partial charge is 0.348 e. The van der Waals surface area contributed by atoms with Crippen molar-refractivity contribution < 1.29 is 4.79 Å². The summed E-state index contributed by atoms with van der Waals surface area (Å²) in [6, 6.07) is 46.2. The van der Waals surface area contributed by atoms with Crippen LogP contribution < -0.4 is 0 Å². The Morgan fingerprint density at radius 3 is 1.13 bits per heavy atom. The molecule has 0 N–H and O–H groups in total. The van der Waals surface area contributed by atoms with Gasteiger partial charge in [0.05, 0.1) is 5.92 Å². The van der Waals surface area contributed by atoms with Crippen LogP contribution in [0.1, 0.15) is 17.0 Å². The second kappa shape index (κ2) is 9.99. The van der Waals surface area contributed by atoms with Crippen LogP contribution in [0, 0.1) is 0 Å². The lowest BCUT2D eigenvalue weighted by atomic mass is 9.90. The number of fused-ring (bicyclic) bond motifs is 2. The molecule has 0 aliphatic carbocycles. The minimum atomic E-state index is -0.220. The molecular weight excluding hydrogens is 462 g/mol. The summed E-state index contributed by atoms with van der Waals surface area (Å²) in [4.78, 5) is 14.0. The molecule has 0 unspecified atom stereocenters. The molecule has 1 amide bonds. The Labute approximate surface area is 223 Å². The summed E-state index contributed by atoms with van der Waals surface area (Å²) in [5, 5.41) is 10.9. The smallest absolute Gasteiger partial charge is 0.234 e. The van der Waals surface area contributed by atoms with E-state index in [4.69, 9.17) is 0 Å². The molecule has 0 aliphatic heterocycles. The topological polar surface area (TPSA) is 20.3 Å². The number of hydrogen-bond acceptors (Lipinski definition) is 1. The highest BCUT2D eigenvalue weighted by atomic mass is 16.2. The highest BCUT2D eigenvalue weighted by molar-refractivity contribution is 6.32. The molecule has 0 bridgehead atoms. The number of nitrogens with zero attached hydrogens (tertiary/aromatic N) is 1. The van der Waals surface area contributed by atoms with E-state index in [1.54, 1.807) is 19.0 Å². The number of hydrogen-bond donors (Lipinski definition) is 0. The molecule has 0 spiro atoms. The number of carbonyl (C=O) groups excluding carboxylic acids is 1. The third-order valence-electron chi connectivity index (χ3n) is 7.34. The standard InChI is InChI=1S/C20H12.C16H17NO/c1-5-13-6-2-11-17-18-12-4-8-14-7-3-10-16(20(14)18)15(9-1)19(13)17;1-17(2)16(18)15(13-9-5-3-6-10-13)14-11-7-4-8-12-14/h1-12H;3-12,15H,1-2H3. The molecule has 0 saturated heterocycles. The van der Waals surface area contributed by atoms with E-state index in [1.165, 1.54) is 43.1 Å². The summed E-state index contributed by atoms with van der Waals surface area (Å²) in [6.07, 6.45) is 0. The van der Waals surface area contributed by atoms with Gasteiger partial charge < -0.3 is 4.90 Å². The van der Waals surface area contributed by atoms with Gasteiger partial charge in [0.1, 0.15) is 0 Å². The van der Waals surface area contributed by atoms with Crippen LogP contribution in [-0.2, 0) is 4.79 Å². The fourth-order valence-corrected chi connectivity index (χ4v) is 5.61. The lowest BCUT2D eigenvalue weighted by Gasteiger charge is -2.21. The Morgan fingerprint density at radius 2 is 0.816 bits per heavy atom. The zero-order valence-electron chi connectivity index (χ0n) is 21.6. The molecule has 0 aromatic heterocycles. The zero-order valence-corrected chi connectivity index (χ0v) is 21.6. The molecule has 0 atom stereocenters. The number of rotatable bonds is 3. The van der Waals surface area contributed by atoms with E-state index in [-0.39, 0.29) is 11.8 Å². The Bertz CT molecular complexity index is 1650. The molecule has 0 heterocycles. The van der Waals surface area contributed by atoms with Crippen LogP contribution in [0.3, 0.4) is 0 Å². The van der Waals surface area contributed by atoms with Crippen LogP contribution in [-0.4, -0.2) is 24.9 Å². The van der Waals surface area contributed by atoms with E-state index in [0.29, 0.717) is 0 Å². The molecule has 38 heavy (non-hydrogen) atoms. The number of amides is 1. The molecular formula is C36H29NO. The second-order valence-corrected chi connectivity index (χ2v) is 9.91. The molecule has 0 saturated carbocycles. The first-order valence-electron chi connectivity index (χ1n) is 13.0. The van der Waals surface area contributed by atoms with Crippen molar-refractivity contribution >= 4 is 49.0 Å². The Hall–Kier alpha value is -4.69. The van der Waals surface area contributed by atoms with Crippen molar-refractivity contribution in [1.82, 2.24) is 4.90 Å². The van der Waals surface area contributed by atoms with E-state index >= 15 is 0 Å². The Kier molecular flexibility index (Phi) is 6.23. The normalized spacial score (nSPS) is 11.2. The summed E-state index contributed by atoms with van der Waals surface area (Å²) in [5.74, 6) is -0.116. The van der Waals surface area contributed by atoms with Gasteiger partial charge in [-0.25, -0.2) is 0 Å². The highest BCUT2D eigenvalue weighted by Crippen LogP contribution is 2.39. The summed E-state index contributed by atoms with van der Waals surface area (Å²) < 4.78 is 0. The van der Waals surface area contributed by atoms with Crippen molar-refractivity contribution in [3.63, 3.8) is 0 Å². The molecule has 7 rings (SSSR count). The van der Waals surface area contributed by atoms with Crippen molar-refractivity contribution in [2.75, 3.05) is 14.1 Å². The summed E-state index contributed by atoms with van der Waals surface area (Å²) in [7, 11) is 3.59. The van der Waals surface area contributed by atoms with E-state index < -0.39 is 0 Å². The minimum Gasteiger partial charge on any atom is -0.348 e. The number of carbonyl (C=O) groups is 1. The van der Waals surface area contributed by atoms with Gasteiger partial charge in [-0.05, 0) is 54.2 Å². The first kappa shape index (κ1) is 23.7. The SMILES string of the molecule is CN(C)C(=O)C(c1ccccc1)c1ccccc1.c1cc2cccc3c4cccc5cccc(c(c1)c23)c54. The summed E-state index contributed by atoms with van der Waals surface area (Å²) >= 11 is 0. The maximum absolute atomic E-state index is 12.4. The Morgan fingerprint density at radius 1 is 0.474 bits per heavy atom. The van der Waals surface area contributed by atoms with E-state index in [1.807, 2.05) is 60.7 Å². The average molecular weight is 492 g/mol. The van der Waals surface area contributed by atoms with Gasteiger partial charge in [0.25, 0.3) is 0 Å². The zero-order chi connectivity index (χ0) is 26.1. The monoisotopic (exact) mass is 491 g/mol. The second-order valence-electron chi connectivity index (χ2n) is 9.91. The number of likely N-dealkylation sites (N-methyl/N-ethyl adjacent to an activating group) is 1. The van der Waals surface area contributed by atoms with E-state index in [0.717, 1.165) is 11.1 Å². The highest BCUT2D eigenvalue weighted by Gasteiger charge is 2.23. The Balaban J connectivity index is 0.000000140. The van der Waals surface area contributed by atoms with Crippen molar-refractivity contribution in [3.8, 4) is 0 Å². The van der Waals surface area contributed by atoms with Gasteiger partial charge in [-0.1, -0.05) is 133 Å². The van der Waals surface area contributed by atoms with Crippen LogP contribution in [0.25, 0.3) is 43.1 Å².